The van der Waals surface area contributed by atoms with Crippen molar-refractivity contribution in [2.45, 2.75) is 13.0 Å². The topological polar surface area (TPSA) is 145 Å². The third-order valence-electron chi connectivity index (χ3n) is 3.49. The van der Waals surface area contributed by atoms with Gasteiger partial charge in [0, 0.05) is 16.9 Å². The summed E-state index contributed by atoms with van der Waals surface area (Å²) in [5.41, 5.74) is 6.04. The van der Waals surface area contributed by atoms with Crippen LogP contribution in [0.15, 0.2) is 48.5 Å². The molecule has 0 radical (unpaired) electrons. The molecule has 2 rings (SSSR count). The Kier molecular flexibility index (Phi) is 6.37. The van der Waals surface area contributed by atoms with Crippen LogP contribution in [0, 0.1) is 0 Å². The van der Waals surface area contributed by atoms with Crippen molar-refractivity contribution in [2.24, 2.45) is 5.73 Å². The number of hydrogen-bond donors (Lipinski definition) is 3. The molecule has 0 heterocycles. The normalized spacial score (nSPS) is 11.9. The van der Waals surface area contributed by atoms with Crippen LogP contribution in [-0.2, 0) is 14.8 Å². The largest absolute Gasteiger partial charge is 0.451 e. The van der Waals surface area contributed by atoms with Crippen LogP contribution in [0.2, 0.25) is 0 Å². The predicted molar refractivity (Wildman–Crippen MR) is 104 cm³/mol. The molecular formula is C18H19N3O6S. The van der Waals surface area contributed by atoms with Crippen molar-refractivity contribution in [1.82, 2.24) is 0 Å². The van der Waals surface area contributed by atoms with Crippen LogP contribution in [0.4, 0.5) is 16.2 Å². The molecule has 0 spiro atoms. The maximum atomic E-state index is 12.4. The highest BCUT2D eigenvalue weighted by molar-refractivity contribution is 7.92. The summed E-state index contributed by atoms with van der Waals surface area (Å²) in [5, 5.41) is 2.34. The minimum absolute atomic E-state index is 0.138. The number of esters is 1. The maximum Gasteiger partial charge on any atom is 0.338 e. The lowest BCUT2D eigenvalue weighted by Crippen LogP contribution is -2.24. The van der Waals surface area contributed by atoms with Crippen LogP contribution in [0.5, 0.6) is 0 Å². The first-order valence-electron chi connectivity index (χ1n) is 8.05. The van der Waals surface area contributed by atoms with E-state index in [9.17, 15) is 22.8 Å². The van der Waals surface area contributed by atoms with Crippen LogP contribution in [-0.4, -0.2) is 38.6 Å². The monoisotopic (exact) mass is 405 g/mol. The Labute approximate surface area is 161 Å². The minimum atomic E-state index is -3.42. The number of anilines is 2. The zero-order chi connectivity index (χ0) is 20.9. The summed E-state index contributed by atoms with van der Waals surface area (Å²) in [6.07, 6.45) is -0.0596. The van der Waals surface area contributed by atoms with Gasteiger partial charge in [0.05, 0.1) is 11.8 Å². The molecule has 0 saturated carbocycles. The van der Waals surface area contributed by atoms with Gasteiger partial charge < -0.3 is 15.8 Å². The molecule has 0 fully saturated rings. The number of Topliss-reactive ketones (excluding diaryl/α,β-unsaturated/α-hetero) is 1. The molecule has 2 aromatic rings. The molecule has 0 aliphatic carbocycles. The third kappa shape index (κ3) is 6.09. The van der Waals surface area contributed by atoms with Gasteiger partial charge in [0.2, 0.25) is 15.8 Å². The number of rotatable bonds is 7. The van der Waals surface area contributed by atoms with Gasteiger partial charge in [0.25, 0.3) is 0 Å². The Bertz CT molecular complexity index is 1000. The number of nitrogens with one attached hydrogen (secondary N) is 2. The number of urea groups is 1. The Morgan fingerprint density at radius 2 is 1.64 bits per heavy atom. The van der Waals surface area contributed by atoms with Gasteiger partial charge in [-0.2, -0.15) is 0 Å². The maximum absolute atomic E-state index is 12.4. The molecule has 148 valence electrons. The van der Waals surface area contributed by atoms with Gasteiger partial charge in [-0.3, -0.25) is 9.52 Å². The van der Waals surface area contributed by atoms with Gasteiger partial charge in [-0.1, -0.05) is 6.07 Å². The van der Waals surface area contributed by atoms with E-state index in [0.717, 1.165) is 6.26 Å². The van der Waals surface area contributed by atoms with E-state index in [1.165, 1.54) is 49.4 Å². The molecule has 9 nitrogen and oxygen atoms in total. The van der Waals surface area contributed by atoms with Gasteiger partial charge in [-0.25, -0.2) is 18.0 Å². The number of sulfonamides is 1. The quantitative estimate of drug-likeness (QED) is 0.474. The average Bonchev–Trinajstić information content (AvgIpc) is 2.60. The van der Waals surface area contributed by atoms with Crippen LogP contribution in [0.25, 0.3) is 0 Å². The molecule has 0 bridgehead atoms. The first-order valence-corrected chi connectivity index (χ1v) is 9.94. The fraction of sp³-hybridized carbons (Fsp3) is 0.167. The van der Waals surface area contributed by atoms with Gasteiger partial charge in [0.1, 0.15) is 0 Å². The van der Waals surface area contributed by atoms with E-state index in [-0.39, 0.29) is 11.1 Å². The van der Waals surface area contributed by atoms with Crippen LogP contribution < -0.4 is 15.8 Å². The van der Waals surface area contributed by atoms with Crippen LogP contribution in [0.3, 0.4) is 0 Å². The molecule has 0 aliphatic rings. The Hall–Kier alpha value is -3.40. The fourth-order valence-electron chi connectivity index (χ4n) is 2.30. The molecule has 2 aromatic carbocycles. The van der Waals surface area contributed by atoms with Crippen molar-refractivity contribution < 1.29 is 27.5 Å². The average molecular weight is 405 g/mol. The summed E-state index contributed by atoms with van der Waals surface area (Å²) in [5.74, 6) is -1.20. The number of carbonyl (C=O) groups excluding carboxylic acids is 3. The number of ether oxygens (including phenoxy) is 1. The molecule has 0 aliphatic heterocycles. The Balaban J connectivity index is 2.05. The van der Waals surface area contributed by atoms with E-state index in [1.807, 2.05) is 0 Å². The first-order chi connectivity index (χ1) is 13.0. The van der Waals surface area contributed by atoms with Crippen molar-refractivity contribution in [3.05, 3.63) is 59.7 Å². The van der Waals surface area contributed by atoms with E-state index in [2.05, 4.69) is 10.0 Å². The van der Waals surface area contributed by atoms with Crippen molar-refractivity contribution in [3.63, 3.8) is 0 Å². The number of primary amides is 1. The summed E-state index contributed by atoms with van der Waals surface area (Å²) in [4.78, 5) is 35.6. The van der Waals surface area contributed by atoms with Gasteiger partial charge in [-0.05, 0) is 49.4 Å². The number of amides is 2. The second kappa shape index (κ2) is 8.53. The van der Waals surface area contributed by atoms with E-state index in [1.54, 1.807) is 6.07 Å². The summed E-state index contributed by atoms with van der Waals surface area (Å²) in [6, 6.07) is 10.9. The molecule has 0 aromatic heterocycles. The van der Waals surface area contributed by atoms with Crippen molar-refractivity contribution in [1.29, 1.82) is 0 Å². The smallest absolute Gasteiger partial charge is 0.338 e. The van der Waals surface area contributed by atoms with Crippen molar-refractivity contribution in [2.75, 3.05) is 16.3 Å². The Morgan fingerprint density at radius 1 is 1.00 bits per heavy atom. The SMILES string of the molecule is C[C@@H](OC(=O)c1cccc(NC(N)=O)c1)C(=O)c1ccc(NS(C)(=O)=O)cc1. The van der Waals surface area contributed by atoms with Crippen molar-refractivity contribution in [3.8, 4) is 0 Å². The fourth-order valence-corrected chi connectivity index (χ4v) is 2.86. The molecule has 0 saturated heterocycles. The molecule has 1 atom stereocenters. The lowest BCUT2D eigenvalue weighted by Gasteiger charge is -2.13. The van der Waals surface area contributed by atoms with Gasteiger partial charge in [-0.15, -0.1) is 0 Å². The minimum Gasteiger partial charge on any atom is -0.451 e. The summed E-state index contributed by atoms with van der Waals surface area (Å²) in [6.45, 7) is 1.43. The van der Waals surface area contributed by atoms with Crippen LogP contribution >= 0.6 is 0 Å². The standard InChI is InChI=1S/C18H19N3O6S/c1-11(16(22)12-6-8-14(9-7-12)21-28(2,25)26)27-17(23)13-4-3-5-15(10-13)20-18(19)24/h3-11,21H,1-2H3,(H3,19,20,24)/t11-/m1/s1. The summed E-state index contributed by atoms with van der Waals surface area (Å²) < 4.78 is 29.9. The zero-order valence-electron chi connectivity index (χ0n) is 15.1. The van der Waals surface area contributed by atoms with Crippen molar-refractivity contribution >= 4 is 39.2 Å². The number of hydrogen-bond acceptors (Lipinski definition) is 6. The third-order valence-corrected chi connectivity index (χ3v) is 4.10. The number of carbonyl (C=O) groups is 3. The molecule has 28 heavy (non-hydrogen) atoms. The second-order valence-corrected chi connectivity index (χ2v) is 7.68. The van der Waals surface area contributed by atoms with Gasteiger partial charge in [0.15, 0.2) is 6.10 Å². The first kappa shape index (κ1) is 20.9. The van der Waals surface area contributed by atoms with E-state index in [4.69, 9.17) is 10.5 Å². The highest BCUT2D eigenvalue weighted by atomic mass is 32.2. The summed E-state index contributed by atoms with van der Waals surface area (Å²) in [7, 11) is -3.42. The zero-order valence-corrected chi connectivity index (χ0v) is 15.9. The number of ketones is 1. The van der Waals surface area contributed by atoms with E-state index >= 15 is 0 Å². The lowest BCUT2D eigenvalue weighted by atomic mass is 10.1. The Morgan fingerprint density at radius 3 is 2.21 bits per heavy atom. The van der Waals surface area contributed by atoms with Gasteiger partial charge >= 0.3 is 12.0 Å². The molecule has 4 N–H and O–H groups in total. The highest BCUT2D eigenvalue weighted by Gasteiger charge is 2.21. The van der Waals surface area contributed by atoms with Crippen LogP contribution in [0.1, 0.15) is 27.6 Å². The van der Waals surface area contributed by atoms with E-state index < -0.39 is 33.9 Å². The molecule has 0 unspecified atom stereocenters. The lowest BCUT2D eigenvalue weighted by molar-refractivity contribution is 0.0319. The predicted octanol–water partition coefficient (Wildman–Crippen LogP) is 1.98. The molecular weight excluding hydrogens is 386 g/mol. The molecule has 10 heteroatoms. The summed E-state index contributed by atoms with van der Waals surface area (Å²) >= 11 is 0. The molecule has 2 amide bonds. The van der Waals surface area contributed by atoms with E-state index in [0.29, 0.717) is 11.4 Å². The highest BCUT2D eigenvalue weighted by Crippen LogP contribution is 2.16. The number of benzene rings is 2. The number of nitrogens with two attached hydrogens (primary N) is 1. The second-order valence-electron chi connectivity index (χ2n) is 5.93.